The molecule has 6 nitrogen and oxygen atoms in total. The van der Waals surface area contributed by atoms with E-state index in [0.717, 1.165) is 24.5 Å². The average Bonchev–Trinajstić information content (AvgIpc) is 2.88. The Kier molecular flexibility index (Phi) is 14.3. The summed E-state index contributed by atoms with van der Waals surface area (Å²) in [6.07, 6.45) is 1.12. The predicted molar refractivity (Wildman–Crippen MR) is 166 cm³/mol. The molecule has 39 heavy (non-hydrogen) atoms. The van der Waals surface area contributed by atoms with E-state index in [0.29, 0.717) is 23.9 Å². The van der Waals surface area contributed by atoms with E-state index >= 15 is 0 Å². The molecule has 3 aromatic carbocycles. The molecule has 0 amide bonds. The lowest BCUT2D eigenvalue weighted by Gasteiger charge is -2.33. The van der Waals surface area contributed by atoms with Crippen molar-refractivity contribution in [3.05, 3.63) is 76.8 Å². The van der Waals surface area contributed by atoms with Crippen LogP contribution in [0.15, 0.2) is 76.5 Å². The number of carbonyl (C=O) groups is 1. The lowest BCUT2D eigenvalue weighted by atomic mass is 10.2. The Morgan fingerprint density at radius 1 is 0.846 bits per heavy atom. The Labute approximate surface area is 252 Å². The third-order valence-corrected chi connectivity index (χ3v) is 7.16. The number of ether oxygens (including phenoxy) is 2. The maximum absolute atomic E-state index is 11.3. The summed E-state index contributed by atoms with van der Waals surface area (Å²) in [5.74, 6) is 0.223. The van der Waals surface area contributed by atoms with E-state index in [9.17, 15) is 4.79 Å². The van der Waals surface area contributed by atoms with E-state index in [4.69, 9.17) is 32.7 Å². The quantitative estimate of drug-likeness (QED) is 0.226. The van der Waals surface area contributed by atoms with Gasteiger partial charge in [-0.1, -0.05) is 47.1 Å². The summed E-state index contributed by atoms with van der Waals surface area (Å²) >= 11 is 13.8. The van der Waals surface area contributed by atoms with Crippen LogP contribution in [0.3, 0.4) is 0 Å². The van der Waals surface area contributed by atoms with Crippen molar-refractivity contribution < 1.29 is 14.3 Å². The highest BCUT2D eigenvalue weighted by molar-refractivity contribution is 7.99. The molecule has 10 heteroatoms. The van der Waals surface area contributed by atoms with Crippen molar-refractivity contribution in [2.45, 2.75) is 16.2 Å². The van der Waals surface area contributed by atoms with Gasteiger partial charge in [-0.25, -0.2) is 4.79 Å². The van der Waals surface area contributed by atoms with Crippen LogP contribution >= 0.6 is 47.4 Å². The standard InChI is InChI=1S/C17H19ClN2S.C12H16ClNO3.ClH/c1-19(2)10-5-11-20-14-6-3-4-7-16(14)21-17-9-8-13(18)12-15(17)20;1-14(2)7-8-16-12(15)9-17-11-5-3-10(13)4-6-11;/h3-4,6-9,12H,5,10-11H2,1-2H3;3-6H,7-9H2,1-2H3;1H. The second-order valence-corrected chi connectivity index (χ2v) is 11.2. The van der Waals surface area contributed by atoms with E-state index in [1.165, 1.54) is 21.2 Å². The number of fused-ring (bicyclic) bond motifs is 2. The number of hydrogen-bond donors (Lipinski definition) is 0. The van der Waals surface area contributed by atoms with Gasteiger partial charge >= 0.3 is 5.97 Å². The molecule has 0 unspecified atom stereocenters. The molecular weight excluding hydrogens is 577 g/mol. The molecule has 0 atom stereocenters. The summed E-state index contributed by atoms with van der Waals surface area (Å²) in [6, 6.07) is 21.6. The van der Waals surface area contributed by atoms with Crippen LogP contribution < -0.4 is 9.64 Å². The number of carbonyl (C=O) groups excluding carboxylic acids is 1. The SMILES string of the molecule is CN(C)CCCN1c2ccccc2Sc2ccc(Cl)cc21.CN(C)CCOC(=O)COc1ccc(Cl)cc1.Cl. The minimum atomic E-state index is -0.373. The molecule has 0 aliphatic carbocycles. The maximum atomic E-state index is 11.3. The van der Waals surface area contributed by atoms with Gasteiger partial charge in [-0.15, -0.1) is 12.4 Å². The van der Waals surface area contributed by atoms with Crippen LogP contribution in [0.5, 0.6) is 5.75 Å². The first kappa shape index (κ1) is 33.1. The number of esters is 1. The van der Waals surface area contributed by atoms with Crippen molar-refractivity contribution in [3.63, 3.8) is 0 Å². The predicted octanol–water partition coefficient (Wildman–Crippen LogP) is 7.14. The number of para-hydroxylation sites is 1. The molecular formula is C29H36Cl3N3O3S. The highest BCUT2D eigenvalue weighted by Crippen LogP contribution is 2.48. The zero-order valence-electron chi connectivity index (χ0n) is 22.7. The molecule has 0 radical (unpaired) electrons. The van der Waals surface area contributed by atoms with Crippen LogP contribution in [0.4, 0.5) is 11.4 Å². The summed E-state index contributed by atoms with van der Waals surface area (Å²) in [5, 5.41) is 1.43. The van der Waals surface area contributed by atoms with Gasteiger partial charge in [0, 0.05) is 32.9 Å². The second kappa shape index (κ2) is 16.9. The van der Waals surface area contributed by atoms with Gasteiger partial charge in [0.2, 0.25) is 0 Å². The molecule has 4 rings (SSSR count). The Balaban J connectivity index is 0.000000273. The fourth-order valence-electron chi connectivity index (χ4n) is 3.65. The van der Waals surface area contributed by atoms with Crippen LogP contribution in [0, 0.1) is 0 Å². The normalized spacial score (nSPS) is 11.6. The molecule has 1 aliphatic heterocycles. The minimum Gasteiger partial charge on any atom is -0.482 e. The highest BCUT2D eigenvalue weighted by Gasteiger charge is 2.23. The Bertz CT molecular complexity index is 1180. The fourth-order valence-corrected chi connectivity index (χ4v) is 5.01. The number of halogens is 3. The molecule has 0 saturated heterocycles. The van der Waals surface area contributed by atoms with Crippen LogP contribution in [-0.4, -0.2) is 76.8 Å². The summed E-state index contributed by atoms with van der Waals surface area (Å²) in [5.41, 5.74) is 2.51. The van der Waals surface area contributed by atoms with Crippen LogP contribution in [0.25, 0.3) is 0 Å². The van der Waals surface area contributed by atoms with E-state index in [1.807, 2.05) is 36.8 Å². The Morgan fingerprint density at radius 2 is 1.49 bits per heavy atom. The molecule has 0 fully saturated rings. The first-order valence-corrected chi connectivity index (χ1v) is 14.0. The monoisotopic (exact) mass is 611 g/mol. The number of rotatable bonds is 10. The van der Waals surface area contributed by atoms with Gasteiger partial charge in [0.15, 0.2) is 6.61 Å². The van der Waals surface area contributed by atoms with Crippen LogP contribution in [0.1, 0.15) is 6.42 Å². The first-order valence-electron chi connectivity index (χ1n) is 12.4. The molecule has 0 saturated carbocycles. The number of benzene rings is 3. The molecule has 0 aromatic heterocycles. The fraction of sp³-hybridized carbons (Fsp3) is 0.345. The average molecular weight is 613 g/mol. The van der Waals surface area contributed by atoms with E-state index in [-0.39, 0.29) is 25.0 Å². The van der Waals surface area contributed by atoms with Gasteiger partial charge in [0.05, 0.1) is 11.4 Å². The number of likely N-dealkylation sites (N-methyl/N-ethyl adjacent to an activating group) is 1. The van der Waals surface area contributed by atoms with Gasteiger partial charge < -0.3 is 24.2 Å². The Morgan fingerprint density at radius 3 is 2.18 bits per heavy atom. The molecule has 1 aliphatic rings. The van der Waals surface area contributed by atoms with Gasteiger partial charge in [-0.2, -0.15) is 0 Å². The minimum absolute atomic E-state index is 0. The van der Waals surface area contributed by atoms with Gasteiger partial charge in [0.25, 0.3) is 0 Å². The van der Waals surface area contributed by atoms with Gasteiger partial charge in [-0.05, 0) is 95.8 Å². The van der Waals surface area contributed by atoms with E-state index in [2.05, 4.69) is 60.3 Å². The molecule has 1 heterocycles. The largest absolute Gasteiger partial charge is 0.482 e. The molecule has 0 bridgehead atoms. The van der Waals surface area contributed by atoms with Crippen LogP contribution in [0.2, 0.25) is 10.0 Å². The Hall–Kier alpha value is -2.13. The third kappa shape index (κ3) is 11.1. The van der Waals surface area contributed by atoms with Crippen LogP contribution in [-0.2, 0) is 9.53 Å². The molecule has 0 N–H and O–H groups in total. The van der Waals surface area contributed by atoms with E-state index in [1.54, 1.807) is 24.3 Å². The van der Waals surface area contributed by atoms with Crippen molar-refractivity contribution >= 4 is 64.7 Å². The van der Waals surface area contributed by atoms with Crippen molar-refractivity contribution in [2.24, 2.45) is 0 Å². The first-order chi connectivity index (χ1) is 18.2. The van der Waals surface area contributed by atoms with Crippen molar-refractivity contribution in [2.75, 3.05) is 65.9 Å². The number of nitrogens with zero attached hydrogens (tertiary/aromatic N) is 3. The molecule has 212 valence electrons. The van der Waals surface area contributed by atoms with E-state index < -0.39 is 0 Å². The zero-order chi connectivity index (χ0) is 27.5. The topological polar surface area (TPSA) is 45.2 Å². The molecule has 3 aromatic rings. The second-order valence-electron chi connectivity index (χ2n) is 9.26. The molecule has 0 spiro atoms. The number of hydrogen-bond acceptors (Lipinski definition) is 7. The number of anilines is 2. The van der Waals surface area contributed by atoms with Gasteiger partial charge in [-0.3, -0.25) is 0 Å². The van der Waals surface area contributed by atoms with Crippen molar-refractivity contribution in [1.29, 1.82) is 0 Å². The van der Waals surface area contributed by atoms with Crippen molar-refractivity contribution in [1.82, 2.24) is 9.80 Å². The lowest BCUT2D eigenvalue weighted by Crippen LogP contribution is -2.25. The van der Waals surface area contributed by atoms with Gasteiger partial charge in [0.1, 0.15) is 12.4 Å². The highest BCUT2D eigenvalue weighted by atomic mass is 35.5. The summed E-state index contributed by atoms with van der Waals surface area (Å²) < 4.78 is 10.2. The lowest BCUT2D eigenvalue weighted by molar-refractivity contribution is -0.146. The zero-order valence-corrected chi connectivity index (χ0v) is 25.9. The summed E-state index contributed by atoms with van der Waals surface area (Å²) in [4.78, 5) is 20.4. The smallest absolute Gasteiger partial charge is 0.344 e. The summed E-state index contributed by atoms with van der Waals surface area (Å²) in [6.45, 7) is 3.07. The summed E-state index contributed by atoms with van der Waals surface area (Å²) in [7, 11) is 8.06. The maximum Gasteiger partial charge on any atom is 0.344 e. The van der Waals surface area contributed by atoms with Crippen molar-refractivity contribution in [3.8, 4) is 5.75 Å². The third-order valence-electron chi connectivity index (χ3n) is 5.55.